The number of hydrogen-bond donors (Lipinski definition) is 1. The van der Waals surface area contributed by atoms with Crippen LogP contribution in [0.1, 0.15) is 58.8 Å². The Balaban J connectivity index is 1.93. The van der Waals surface area contributed by atoms with Gasteiger partial charge in [-0.3, -0.25) is 0 Å². The van der Waals surface area contributed by atoms with E-state index in [2.05, 4.69) is 23.6 Å². The monoisotopic (exact) mass is 270 g/mol. The summed E-state index contributed by atoms with van der Waals surface area (Å²) in [7, 11) is 0. The lowest BCUT2D eigenvalue weighted by Gasteiger charge is -2.34. The molecule has 1 aliphatic heterocycles. The predicted octanol–water partition coefficient (Wildman–Crippen LogP) is 2.74. The zero-order valence-corrected chi connectivity index (χ0v) is 13.1. The molecule has 0 radical (unpaired) electrons. The van der Waals surface area contributed by atoms with Crippen LogP contribution in [0.4, 0.5) is 0 Å². The molecule has 1 heterocycles. The van der Waals surface area contributed by atoms with Crippen LogP contribution >= 0.6 is 0 Å². The van der Waals surface area contributed by atoms with Gasteiger partial charge in [0.2, 0.25) is 0 Å². The van der Waals surface area contributed by atoms with Crippen molar-refractivity contribution in [2.45, 2.75) is 64.9 Å². The Kier molecular flexibility index (Phi) is 9.48. The molecule has 1 rings (SSSR count). The van der Waals surface area contributed by atoms with Crippen molar-refractivity contribution in [3.05, 3.63) is 0 Å². The van der Waals surface area contributed by atoms with E-state index < -0.39 is 0 Å². The Labute approximate surface area is 120 Å². The van der Waals surface area contributed by atoms with Crippen LogP contribution in [0.15, 0.2) is 0 Å². The summed E-state index contributed by atoms with van der Waals surface area (Å²) in [4.78, 5) is 5.10. The number of unbranched alkanes of at least 4 members (excludes halogenated alkanes) is 3. The highest BCUT2D eigenvalue weighted by atomic mass is 16.3. The molecule has 0 unspecified atom stereocenters. The SMILES string of the molecule is CCCCC[C@@H](O)CCCCN1CCN(CC)CC1. The van der Waals surface area contributed by atoms with Crippen LogP contribution < -0.4 is 0 Å². The molecule has 0 amide bonds. The van der Waals surface area contributed by atoms with Crippen LogP contribution in [-0.2, 0) is 0 Å². The maximum Gasteiger partial charge on any atom is 0.0540 e. The van der Waals surface area contributed by atoms with Gasteiger partial charge in [0.1, 0.15) is 0 Å². The molecule has 0 aromatic heterocycles. The van der Waals surface area contributed by atoms with Gasteiger partial charge in [0, 0.05) is 26.2 Å². The largest absolute Gasteiger partial charge is 0.393 e. The Hall–Kier alpha value is -0.120. The summed E-state index contributed by atoms with van der Waals surface area (Å²) in [6.45, 7) is 11.8. The number of rotatable bonds is 10. The molecule has 0 spiro atoms. The van der Waals surface area contributed by atoms with Gasteiger partial charge in [0.05, 0.1) is 6.10 Å². The normalized spacial score (nSPS) is 19.7. The van der Waals surface area contributed by atoms with Crippen molar-refractivity contribution in [1.82, 2.24) is 9.80 Å². The van der Waals surface area contributed by atoms with E-state index in [0.717, 1.165) is 12.8 Å². The molecular formula is C16H34N2O. The summed E-state index contributed by atoms with van der Waals surface area (Å²) in [5.41, 5.74) is 0. The Morgan fingerprint density at radius 1 is 0.842 bits per heavy atom. The van der Waals surface area contributed by atoms with Gasteiger partial charge < -0.3 is 14.9 Å². The fraction of sp³-hybridized carbons (Fsp3) is 1.00. The zero-order chi connectivity index (χ0) is 13.9. The third kappa shape index (κ3) is 7.91. The highest BCUT2D eigenvalue weighted by Gasteiger charge is 2.14. The lowest BCUT2D eigenvalue weighted by molar-refractivity contribution is 0.127. The number of hydrogen-bond acceptors (Lipinski definition) is 3. The average molecular weight is 270 g/mol. The first-order chi connectivity index (χ1) is 9.26. The minimum atomic E-state index is -0.0523. The summed E-state index contributed by atoms with van der Waals surface area (Å²) in [6, 6.07) is 0. The fourth-order valence-corrected chi connectivity index (χ4v) is 2.82. The van der Waals surface area contributed by atoms with E-state index >= 15 is 0 Å². The molecule has 0 bridgehead atoms. The zero-order valence-electron chi connectivity index (χ0n) is 13.1. The van der Waals surface area contributed by atoms with E-state index in [1.54, 1.807) is 0 Å². The summed E-state index contributed by atoms with van der Waals surface area (Å²) in [5.74, 6) is 0. The van der Waals surface area contributed by atoms with Crippen LogP contribution in [0.3, 0.4) is 0 Å². The van der Waals surface area contributed by atoms with Crippen LogP contribution in [0.25, 0.3) is 0 Å². The molecule has 1 aliphatic rings. The van der Waals surface area contributed by atoms with Crippen molar-refractivity contribution < 1.29 is 5.11 Å². The quantitative estimate of drug-likeness (QED) is 0.618. The molecule has 0 saturated carbocycles. The third-order valence-corrected chi connectivity index (χ3v) is 4.31. The van der Waals surface area contributed by atoms with Gasteiger partial charge in [-0.15, -0.1) is 0 Å². The Bertz CT molecular complexity index is 203. The van der Waals surface area contributed by atoms with E-state index in [1.165, 1.54) is 71.4 Å². The lowest BCUT2D eigenvalue weighted by atomic mass is 10.1. The molecule has 114 valence electrons. The first-order valence-electron chi connectivity index (χ1n) is 8.39. The van der Waals surface area contributed by atoms with E-state index in [9.17, 15) is 5.11 Å². The van der Waals surface area contributed by atoms with Crippen molar-refractivity contribution in [1.29, 1.82) is 0 Å². The van der Waals surface area contributed by atoms with Gasteiger partial charge in [0.15, 0.2) is 0 Å². The molecule has 19 heavy (non-hydrogen) atoms. The van der Waals surface area contributed by atoms with Crippen LogP contribution in [0.5, 0.6) is 0 Å². The Morgan fingerprint density at radius 2 is 1.42 bits per heavy atom. The molecule has 0 aromatic carbocycles. The van der Waals surface area contributed by atoms with Gasteiger partial charge >= 0.3 is 0 Å². The summed E-state index contributed by atoms with van der Waals surface area (Å²) >= 11 is 0. The van der Waals surface area contributed by atoms with Crippen molar-refractivity contribution in [2.75, 3.05) is 39.3 Å². The average Bonchev–Trinajstić information content (AvgIpc) is 2.44. The summed E-state index contributed by atoms with van der Waals surface area (Å²) in [6.07, 6.45) is 8.08. The lowest BCUT2D eigenvalue weighted by Crippen LogP contribution is -2.46. The van der Waals surface area contributed by atoms with E-state index in [4.69, 9.17) is 0 Å². The molecule has 1 N–H and O–H groups in total. The highest BCUT2D eigenvalue weighted by Crippen LogP contribution is 2.10. The van der Waals surface area contributed by atoms with Crippen LogP contribution in [0.2, 0.25) is 0 Å². The highest BCUT2D eigenvalue weighted by molar-refractivity contribution is 4.70. The molecule has 1 fully saturated rings. The number of likely N-dealkylation sites (N-methyl/N-ethyl adjacent to an activating group) is 1. The van der Waals surface area contributed by atoms with Crippen LogP contribution in [0, 0.1) is 0 Å². The van der Waals surface area contributed by atoms with Gasteiger partial charge in [-0.2, -0.15) is 0 Å². The second-order valence-corrected chi connectivity index (χ2v) is 5.92. The molecular weight excluding hydrogens is 236 g/mol. The molecule has 0 aliphatic carbocycles. The van der Waals surface area contributed by atoms with Gasteiger partial charge in [-0.05, 0) is 38.8 Å². The minimum Gasteiger partial charge on any atom is -0.393 e. The molecule has 1 atom stereocenters. The van der Waals surface area contributed by atoms with Crippen molar-refractivity contribution in [3.63, 3.8) is 0 Å². The maximum absolute atomic E-state index is 9.86. The summed E-state index contributed by atoms with van der Waals surface area (Å²) < 4.78 is 0. The number of piperazine rings is 1. The van der Waals surface area contributed by atoms with Gasteiger partial charge in [0.25, 0.3) is 0 Å². The van der Waals surface area contributed by atoms with E-state index in [1.807, 2.05) is 0 Å². The standard InChI is InChI=1S/C16H34N2O/c1-3-5-6-9-16(19)10-7-8-11-18-14-12-17(4-2)13-15-18/h16,19H,3-15H2,1-2H3/t16-/m1/s1. The minimum absolute atomic E-state index is 0.0523. The number of aliphatic hydroxyl groups is 1. The molecule has 0 aromatic rings. The first-order valence-corrected chi connectivity index (χ1v) is 8.39. The molecule has 3 heteroatoms. The van der Waals surface area contributed by atoms with E-state index in [0.29, 0.717) is 0 Å². The van der Waals surface area contributed by atoms with Crippen LogP contribution in [-0.4, -0.2) is 60.3 Å². The summed E-state index contributed by atoms with van der Waals surface area (Å²) in [5, 5.41) is 9.86. The first kappa shape index (κ1) is 16.9. The van der Waals surface area contributed by atoms with E-state index in [-0.39, 0.29) is 6.10 Å². The Morgan fingerprint density at radius 3 is 2.00 bits per heavy atom. The third-order valence-electron chi connectivity index (χ3n) is 4.31. The van der Waals surface area contributed by atoms with Gasteiger partial charge in [-0.25, -0.2) is 0 Å². The number of nitrogens with zero attached hydrogens (tertiary/aromatic N) is 2. The topological polar surface area (TPSA) is 26.7 Å². The number of aliphatic hydroxyl groups excluding tert-OH is 1. The smallest absolute Gasteiger partial charge is 0.0540 e. The van der Waals surface area contributed by atoms with Gasteiger partial charge in [-0.1, -0.05) is 33.1 Å². The van der Waals surface area contributed by atoms with Crippen molar-refractivity contribution in [2.24, 2.45) is 0 Å². The second kappa shape index (κ2) is 10.6. The molecule has 1 saturated heterocycles. The maximum atomic E-state index is 9.86. The van der Waals surface area contributed by atoms with Crippen molar-refractivity contribution >= 4 is 0 Å². The van der Waals surface area contributed by atoms with Crippen molar-refractivity contribution in [3.8, 4) is 0 Å². The predicted molar refractivity (Wildman–Crippen MR) is 82.6 cm³/mol. The fourth-order valence-electron chi connectivity index (χ4n) is 2.82. The second-order valence-electron chi connectivity index (χ2n) is 5.92. The molecule has 3 nitrogen and oxygen atoms in total.